The lowest BCUT2D eigenvalue weighted by atomic mass is 10.2. The number of carboxylic acids is 1. The molecule has 1 aliphatic rings. The molecule has 0 unspecified atom stereocenters. The second-order valence-electron chi connectivity index (χ2n) is 6.37. The number of aryl methyl sites for hydroxylation is 1. The van der Waals surface area contributed by atoms with E-state index in [4.69, 9.17) is 26.2 Å². The Labute approximate surface area is 182 Å². The summed E-state index contributed by atoms with van der Waals surface area (Å²) >= 11 is 6.94. The number of carbonyl (C=O) groups excluding carboxylic acids is 2. The summed E-state index contributed by atoms with van der Waals surface area (Å²) in [6, 6.07) is 12.2. The third-order valence-electron chi connectivity index (χ3n) is 4.08. The van der Waals surface area contributed by atoms with Crippen LogP contribution in [0.2, 0.25) is 5.02 Å². The number of hydrogen-bond donors (Lipinski definition) is 1. The van der Waals surface area contributed by atoms with Gasteiger partial charge in [0.25, 0.3) is 11.1 Å². The van der Waals surface area contributed by atoms with Crippen molar-refractivity contribution in [1.29, 1.82) is 0 Å². The molecule has 1 N–H and O–H groups in total. The summed E-state index contributed by atoms with van der Waals surface area (Å²) in [5.74, 6) is -0.629. The van der Waals surface area contributed by atoms with E-state index in [0.29, 0.717) is 11.3 Å². The summed E-state index contributed by atoms with van der Waals surface area (Å²) in [7, 11) is 0. The standard InChI is InChI=1S/C21H18ClNO6S/c1-13-2-5-15(6-3-13)28-9-8-23-20(26)18(30-21(23)27)11-14-4-7-17(16(22)10-14)29-12-19(24)25/h2-7,10-11H,8-9,12H2,1H3,(H,24,25). The van der Waals surface area contributed by atoms with Crippen LogP contribution < -0.4 is 9.47 Å². The summed E-state index contributed by atoms with van der Waals surface area (Å²) in [6.45, 7) is 1.79. The van der Waals surface area contributed by atoms with Crippen LogP contribution in [-0.2, 0) is 9.59 Å². The van der Waals surface area contributed by atoms with Crippen LogP contribution in [0.15, 0.2) is 47.4 Å². The molecule has 1 heterocycles. The molecule has 1 fully saturated rings. The number of thioether (sulfide) groups is 1. The molecule has 0 spiro atoms. The van der Waals surface area contributed by atoms with Crippen molar-refractivity contribution in [2.75, 3.05) is 19.8 Å². The van der Waals surface area contributed by atoms with Crippen molar-refractivity contribution < 1.29 is 29.0 Å². The van der Waals surface area contributed by atoms with E-state index in [2.05, 4.69) is 0 Å². The Morgan fingerprint density at radius 2 is 1.90 bits per heavy atom. The smallest absolute Gasteiger partial charge is 0.341 e. The maximum absolute atomic E-state index is 12.6. The average Bonchev–Trinajstić information content (AvgIpc) is 2.96. The van der Waals surface area contributed by atoms with Gasteiger partial charge in [0.2, 0.25) is 0 Å². The van der Waals surface area contributed by atoms with Crippen LogP contribution >= 0.6 is 23.4 Å². The minimum Gasteiger partial charge on any atom is -0.492 e. The molecule has 0 radical (unpaired) electrons. The highest BCUT2D eigenvalue weighted by atomic mass is 35.5. The lowest BCUT2D eigenvalue weighted by Crippen LogP contribution is -2.32. The summed E-state index contributed by atoms with van der Waals surface area (Å²) in [6.07, 6.45) is 1.55. The van der Waals surface area contributed by atoms with Crippen LogP contribution in [0.25, 0.3) is 6.08 Å². The molecular weight excluding hydrogens is 430 g/mol. The van der Waals surface area contributed by atoms with Crippen molar-refractivity contribution in [3.8, 4) is 11.5 Å². The SMILES string of the molecule is Cc1ccc(OCCN2C(=O)SC(=Cc3ccc(OCC(=O)O)c(Cl)c3)C2=O)cc1. The highest BCUT2D eigenvalue weighted by Gasteiger charge is 2.34. The largest absolute Gasteiger partial charge is 0.492 e. The van der Waals surface area contributed by atoms with E-state index >= 15 is 0 Å². The second kappa shape index (κ2) is 9.69. The van der Waals surface area contributed by atoms with E-state index in [1.165, 1.54) is 12.1 Å². The number of halogens is 1. The molecule has 2 aromatic carbocycles. The predicted octanol–water partition coefficient (Wildman–Crippen LogP) is 4.23. The molecule has 156 valence electrons. The van der Waals surface area contributed by atoms with Gasteiger partial charge in [0.1, 0.15) is 18.1 Å². The number of imide groups is 1. The van der Waals surface area contributed by atoms with Gasteiger partial charge in [-0.2, -0.15) is 0 Å². The second-order valence-corrected chi connectivity index (χ2v) is 7.77. The lowest BCUT2D eigenvalue weighted by Gasteiger charge is -2.13. The fourth-order valence-electron chi connectivity index (χ4n) is 2.60. The zero-order valence-corrected chi connectivity index (χ0v) is 17.5. The Hall–Kier alpha value is -2.97. The quantitative estimate of drug-likeness (QED) is 0.605. The van der Waals surface area contributed by atoms with E-state index in [0.717, 1.165) is 22.2 Å². The van der Waals surface area contributed by atoms with Crippen LogP contribution in [0.4, 0.5) is 4.79 Å². The monoisotopic (exact) mass is 447 g/mol. The van der Waals surface area contributed by atoms with Crippen LogP contribution in [0.5, 0.6) is 11.5 Å². The van der Waals surface area contributed by atoms with Gasteiger partial charge in [-0.25, -0.2) is 4.79 Å². The molecule has 0 saturated carbocycles. The predicted molar refractivity (Wildman–Crippen MR) is 114 cm³/mol. The Morgan fingerprint density at radius 1 is 1.17 bits per heavy atom. The fraction of sp³-hybridized carbons (Fsp3) is 0.190. The highest BCUT2D eigenvalue weighted by Crippen LogP contribution is 2.33. The van der Waals surface area contributed by atoms with Gasteiger partial charge < -0.3 is 14.6 Å². The maximum atomic E-state index is 12.6. The fourth-order valence-corrected chi connectivity index (χ4v) is 3.71. The van der Waals surface area contributed by atoms with E-state index in [1.54, 1.807) is 12.1 Å². The van der Waals surface area contributed by atoms with Gasteiger partial charge in [0, 0.05) is 0 Å². The number of ether oxygens (including phenoxy) is 2. The van der Waals surface area contributed by atoms with E-state index in [1.807, 2.05) is 31.2 Å². The van der Waals surface area contributed by atoms with Crippen LogP contribution in [0, 0.1) is 6.92 Å². The minimum atomic E-state index is -1.12. The molecule has 0 atom stereocenters. The molecule has 2 amide bonds. The Balaban J connectivity index is 1.62. The highest BCUT2D eigenvalue weighted by molar-refractivity contribution is 8.18. The van der Waals surface area contributed by atoms with Crippen molar-refractivity contribution in [2.24, 2.45) is 0 Å². The van der Waals surface area contributed by atoms with Gasteiger partial charge in [-0.3, -0.25) is 14.5 Å². The summed E-state index contributed by atoms with van der Waals surface area (Å²) < 4.78 is 10.7. The number of rotatable bonds is 8. The summed E-state index contributed by atoms with van der Waals surface area (Å²) in [4.78, 5) is 36.8. The van der Waals surface area contributed by atoms with E-state index < -0.39 is 18.5 Å². The zero-order valence-electron chi connectivity index (χ0n) is 16.0. The van der Waals surface area contributed by atoms with Crippen LogP contribution in [0.1, 0.15) is 11.1 Å². The topological polar surface area (TPSA) is 93.1 Å². The molecule has 30 heavy (non-hydrogen) atoms. The molecule has 1 aliphatic heterocycles. The number of carboxylic acid groups (broad SMARTS) is 1. The molecule has 2 aromatic rings. The number of amides is 2. The first-order valence-electron chi connectivity index (χ1n) is 8.92. The summed E-state index contributed by atoms with van der Waals surface area (Å²) in [5.41, 5.74) is 1.70. The molecular formula is C21H18ClNO6S. The van der Waals surface area contributed by atoms with Crippen LogP contribution in [0.3, 0.4) is 0 Å². The maximum Gasteiger partial charge on any atom is 0.341 e. The van der Waals surface area contributed by atoms with E-state index in [9.17, 15) is 14.4 Å². The molecule has 7 nitrogen and oxygen atoms in total. The Kier molecular flexibility index (Phi) is 7.02. The normalized spacial score (nSPS) is 15.0. The van der Waals surface area contributed by atoms with Crippen molar-refractivity contribution >= 4 is 46.6 Å². The van der Waals surface area contributed by atoms with Gasteiger partial charge in [-0.05, 0) is 54.6 Å². The zero-order chi connectivity index (χ0) is 21.7. The Bertz CT molecular complexity index is 1010. The first-order chi connectivity index (χ1) is 14.3. The van der Waals surface area contributed by atoms with Gasteiger partial charge in [0.05, 0.1) is 16.5 Å². The number of benzene rings is 2. The Morgan fingerprint density at radius 3 is 2.57 bits per heavy atom. The van der Waals surface area contributed by atoms with Gasteiger partial charge in [-0.1, -0.05) is 35.4 Å². The lowest BCUT2D eigenvalue weighted by molar-refractivity contribution is -0.139. The van der Waals surface area contributed by atoms with Crippen molar-refractivity contribution in [1.82, 2.24) is 4.90 Å². The van der Waals surface area contributed by atoms with Gasteiger partial charge >= 0.3 is 5.97 Å². The summed E-state index contributed by atoms with van der Waals surface area (Å²) in [5, 5.41) is 8.50. The average molecular weight is 448 g/mol. The van der Waals surface area contributed by atoms with Crippen LogP contribution in [-0.4, -0.2) is 46.9 Å². The molecule has 9 heteroatoms. The molecule has 1 saturated heterocycles. The minimum absolute atomic E-state index is 0.138. The third-order valence-corrected chi connectivity index (χ3v) is 5.29. The molecule has 0 aliphatic carbocycles. The number of carbonyl (C=O) groups is 3. The van der Waals surface area contributed by atoms with Gasteiger partial charge in [-0.15, -0.1) is 0 Å². The van der Waals surface area contributed by atoms with E-state index in [-0.39, 0.29) is 34.1 Å². The molecule has 0 aromatic heterocycles. The molecule has 3 rings (SSSR count). The van der Waals surface area contributed by atoms with Crippen molar-refractivity contribution in [2.45, 2.75) is 6.92 Å². The first kappa shape index (κ1) is 21.7. The number of hydrogen-bond acceptors (Lipinski definition) is 6. The number of aliphatic carboxylic acids is 1. The first-order valence-corrected chi connectivity index (χ1v) is 10.1. The third kappa shape index (κ3) is 5.55. The van der Waals surface area contributed by atoms with Crippen molar-refractivity contribution in [3.05, 3.63) is 63.5 Å². The van der Waals surface area contributed by atoms with Crippen molar-refractivity contribution in [3.63, 3.8) is 0 Å². The number of nitrogens with zero attached hydrogens (tertiary/aromatic N) is 1. The molecule has 0 bridgehead atoms. The van der Waals surface area contributed by atoms with Gasteiger partial charge in [0.15, 0.2) is 6.61 Å².